The van der Waals surface area contributed by atoms with E-state index in [2.05, 4.69) is 37.0 Å². The molecule has 1 spiro atoms. The van der Waals surface area contributed by atoms with Gasteiger partial charge >= 0.3 is 0 Å². The number of aliphatic hydroxyl groups excluding tert-OH is 1. The van der Waals surface area contributed by atoms with Gasteiger partial charge in [-0.15, -0.1) is 0 Å². The molecule has 2 nitrogen and oxygen atoms in total. The van der Waals surface area contributed by atoms with Crippen molar-refractivity contribution < 1.29 is 5.11 Å². The summed E-state index contributed by atoms with van der Waals surface area (Å²) in [6.07, 6.45) is 15.4. The fourth-order valence-corrected chi connectivity index (χ4v) is 8.85. The van der Waals surface area contributed by atoms with Crippen molar-refractivity contribution in [1.29, 1.82) is 0 Å². The Morgan fingerprint density at radius 2 is 2.04 bits per heavy atom. The van der Waals surface area contributed by atoms with Gasteiger partial charge in [-0.2, -0.15) is 0 Å². The third-order valence-corrected chi connectivity index (χ3v) is 10.1. The monoisotopic (exact) mass is 349 g/mol. The van der Waals surface area contributed by atoms with Gasteiger partial charge in [-0.3, -0.25) is 4.98 Å². The maximum atomic E-state index is 11.2. The van der Waals surface area contributed by atoms with Crippen molar-refractivity contribution in [3.63, 3.8) is 0 Å². The SMILES string of the molecule is C[C@]12CCC3[C@@H](CC(O)C45CC4CC[C@]35C)C1CC=C2c1cccnc1. The van der Waals surface area contributed by atoms with Gasteiger partial charge in [0, 0.05) is 17.8 Å². The van der Waals surface area contributed by atoms with Crippen LogP contribution in [0.1, 0.15) is 64.4 Å². The first-order chi connectivity index (χ1) is 12.5. The maximum absolute atomic E-state index is 11.2. The molecule has 5 unspecified atom stereocenters. The molecular formula is C24H31NO. The summed E-state index contributed by atoms with van der Waals surface area (Å²) < 4.78 is 0. The lowest BCUT2D eigenvalue weighted by Crippen LogP contribution is -2.56. The maximum Gasteiger partial charge on any atom is 0.0607 e. The quantitative estimate of drug-likeness (QED) is 0.766. The predicted octanol–water partition coefficient (Wildman–Crippen LogP) is 5.09. The molecule has 2 heteroatoms. The smallest absolute Gasteiger partial charge is 0.0607 e. The van der Waals surface area contributed by atoms with Crippen molar-refractivity contribution in [3.8, 4) is 0 Å². The molecule has 0 amide bonds. The van der Waals surface area contributed by atoms with Gasteiger partial charge in [0.25, 0.3) is 0 Å². The Labute approximate surface area is 157 Å². The third kappa shape index (κ3) is 1.63. The number of pyridine rings is 1. The molecule has 138 valence electrons. The summed E-state index contributed by atoms with van der Waals surface area (Å²) in [5.41, 5.74) is 3.83. The fourth-order valence-electron chi connectivity index (χ4n) is 8.85. The summed E-state index contributed by atoms with van der Waals surface area (Å²) in [6.45, 7) is 5.07. The van der Waals surface area contributed by atoms with E-state index in [1.54, 1.807) is 0 Å². The van der Waals surface area contributed by atoms with Crippen LogP contribution in [0.25, 0.3) is 5.57 Å². The summed E-state index contributed by atoms with van der Waals surface area (Å²) in [4.78, 5) is 4.38. The molecule has 1 N–H and O–H groups in total. The van der Waals surface area contributed by atoms with Gasteiger partial charge < -0.3 is 5.11 Å². The van der Waals surface area contributed by atoms with E-state index in [-0.39, 0.29) is 11.5 Å². The first-order valence-corrected chi connectivity index (χ1v) is 10.8. The number of allylic oxidation sites excluding steroid dienone is 2. The first-order valence-electron chi connectivity index (χ1n) is 10.8. The zero-order valence-electron chi connectivity index (χ0n) is 16.1. The summed E-state index contributed by atoms with van der Waals surface area (Å²) >= 11 is 0. The fraction of sp³-hybridized carbons (Fsp3) is 0.708. The van der Waals surface area contributed by atoms with Crippen LogP contribution in [0.3, 0.4) is 0 Å². The number of nitrogens with zero attached hydrogens (tertiary/aromatic N) is 1. The summed E-state index contributed by atoms with van der Waals surface area (Å²) in [7, 11) is 0. The first kappa shape index (κ1) is 15.9. The van der Waals surface area contributed by atoms with Crippen LogP contribution >= 0.6 is 0 Å². The van der Waals surface area contributed by atoms with E-state index in [1.807, 2.05) is 12.4 Å². The van der Waals surface area contributed by atoms with Gasteiger partial charge in [-0.1, -0.05) is 26.0 Å². The number of hydrogen-bond acceptors (Lipinski definition) is 2. The lowest BCUT2D eigenvalue weighted by atomic mass is 9.45. The minimum Gasteiger partial charge on any atom is -0.393 e. The molecule has 4 fully saturated rings. The van der Waals surface area contributed by atoms with Crippen LogP contribution in [0.2, 0.25) is 0 Å². The molecule has 1 heterocycles. The highest BCUT2D eigenvalue weighted by Crippen LogP contribution is 2.81. The molecule has 0 bridgehead atoms. The summed E-state index contributed by atoms with van der Waals surface area (Å²) in [6, 6.07) is 4.30. The molecule has 0 aliphatic heterocycles. The van der Waals surface area contributed by atoms with Crippen molar-refractivity contribution in [2.75, 3.05) is 0 Å². The van der Waals surface area contributed by atoms with Crippen LogP contribution in [-0.2, 0) is 0 Å². The Kier molecular flexibility index (Phi) is 2.94. The van der Waals surface area contributed by atoms with Crippen LogP contribution in [0.5, 0.6) is 0 Å². The number of aliphatic hydroxyl groups is 1. The Balaban J connectivity index is 1.37. The molecule has 6 rings (SSSR count). The number of hydrogen-bond donors (Lipinski definition) is 1. The minimum absolute atomic E-state index is 0.0500. The van der Waals surface area contributed by atoms with Gasteiger partial charge in [-0.05, 0) is 96.7 Å². The zero-order chi connectivity index (χ0) is 17.7. The van der Waals surface area contributed by atoms with E-state index in [4.69, 9.17) is 0 Å². The molecule has 8 atom stereocenters. The standard InChI is InChI=1S/C24H31NO/c1-22-9-8-20-17(12-21(26)24-13-16(24)7-10-23(20,24)2)19(22)6-5-18(22)15-4-3-11-25-14-15/h3-5,11,14,16-17,19-21,26H,6-10,12-13H2,1-2H3/t16?,17-,19?,20?,21?,22+,23+,24?/m0/s1. The van der Waals surface area contributed by atoms with Gasteiger partial charge in [0.05, 0.1) is 6.10 Å². The Morgan fingerprint density at radius 1 is 1.15 bits per heavy atom. The van der Waals surface area contributed by atoms with Crippen LogP contribution in [0.4, 0.5) is 0 Å². The normalized spacial score (nSPS) is 54.0. The van der Waals surface area contributed by atoms with Crippen LogP contribution in [0.15, 0.2) is 30.6 Å². The molecule has 4 saturated carbocycles. The van der Waals surface area contributed by atoms with E-state index in [9.17, 15) is 5.11 Å². The van der Waals surface area contributed by atoms with Crippen molar-refractivity contribution in [1.82, 2.24) is 4.98 Å². The average molecular weight is 350 g/mol. The van der Waals surface area contributed by atoms with E-state index in [1.165, 1.54) is 49.7 Å². The highest BCUT2D eigenvalue weighted by molar-refractivity contribution is 5.72. The zero-order valence-corrected chi connectivity index (χ0v) is 16.1. The second-order valence-electron chi connectivity index (χ2n) is 10.6. The Morgan fingerprint density at radius 3 is 2.81 bits per heavy atom. The Hall–Kier alpha value is -1.15. The molecule has 0 saturated heterocycles. The molecule has 0 radical (unpaired) electrons. The number of aromatic nitrogens is 1. The van der Waals surface area contributed by atoms with Crippen molar-refractivity contribution in [2.24, 2.45) is 39.9 Å². The summed E-state index contributed by atoms with van der Waals surface area (Å²) in [5.74, 6) is 3.07. The molecule has 1 aromatic rings. The molecule has 0 aromatic carbocycles. The predicted molar refractivity (Wildman–Crippen MR) is 103 cm³/mol. The molecule has 5 aliphatic rings. The van der Waals surface area contributed by atoms with Crippen molar-refractivity contribution in [2.45, 2.75) is 64.9 Å². The topological polar surface area (TPSA) is 33.1 Å². The average Bonchev–Trinajstić information content (AvgIpc) is 3.17. The third-order valence-electron chi connectivity index (χ3n) is 10.1. The summed E-state index contributed by atoms with van der Waals surface area (Å²) in [5, 5.41) is 11.2. The molecule has 5 aliphatic carbocycles. The lowest BCUT2D eigenvalue weighted by Gasteiger charge is -2.60. The molecular weight excluding hydrogens is 318 g/mol. The number of rotatable bonds is 1. The van der Waals surface area contributed by atoms with Crippen LogP contribution < -0.4 is 0 Å². The van der Waals surface area contributed by atoms with E-state index in [0.29, 0.717) is 22.7 Å². The second-order valence-corrected chi connectivity index (χ2v) is 10.6. The molecule has 26 heavy (non-hydrogen) atoms. The largest absolute Gasteiger partial charge is 0.393 e. The Bertz CT molecular complexity index is 787. The van der Waals surface area contributed by atoms with E-state index < -0.39 is 0 Å². The second kappa shape index (κ2) is 4.82. The minimum atomic E-state index is -0.0500. The number of fused-ring (bicyclic) bond motifs is 4. The van der Waals surface area contributed by atoms with Gasteiger partial charge in [0.2, 0.25) is 0 Å². The molecule has 1 aromatic heterocycles. The highest BCUT2D eigenvalue weighted by Gasteiger charge is 2.76. The van der Waals surface area contributed by atoms with Crippen molar-refractivity contribution in [3.05, 3.63) is 36.2 Å². The van der Waals surface area contributed by atoms with E-state index in [0.717, 1.165) is 18.3 Å². The highest BCUT2D eigenvalue weighted by atomic mass is 16.3. The van der Waals surface area contributed by atoms with Gasteiger partial charge in [-0.25, -0.2) is 0 Å². The van der Waals surface area contributed by atoms with Gasteiger partial charge in [0.15, 0.2) is 0 Å². The van der Waals surface area contributed by atoms with Crippen LogP contribution in [0, 0.1) is 39.9 Å². The van der Waals surface area contributed by atoms with E-state index >= 15 is 0 Å². The van der Waals surface area contributed by atoms with Crippen molar-refractivity contribution >= 4 is 5.57 Å². The lowest BCUT2D eigenvalue weighted by molar-refractivity contribution is -0.140. The van der Waals surface area contributed by atoms with Crippen LogP contribution in [-0.4, -0.2) is 16.2 Å². The van der Waals surface area contributed by atoms with Gasteiger partial charge in [0.1, 0.15) is 0 Å².